The van der Waals surface area contributed by atoms with E-state index in [-0.39, 0.29) is 17.3 Å². The van der Waals surface area contributed by atoms with Crippen molar-refractivity contribution in [2.45, 2.75) is 43.9 Å². The van der Waals surface area contributed by atoms with Crippen molar-refractivity contribution in [1.29, 1.82) is 5.26 Å². The van der Waals surface area contributed by atoms with Crippen LogP contribution in [0.25, 0.3) is 0 Å². The predicted molar refractivity (Wildman–Crippen MR) is 71.4 cm³/mol. The second-order valence-electron chi connectivity index (χ2n) is 6.19. The van der Waals surface area contributed by atoms with Crippen molar-refractivity contribution < 1.29 is 9.53 Å². The Morgan fingerprint density at radius 1 is 1.47 bits per heavy atom. The van der Waals surface area contributed by atoms with Crippen molar-refractivity contribution in [2.75, 3.05) is 7.11 Å². The molecule has 2 saturated carbocycles. The second-order valence-corrected chi connectivity index (χ2v) is 6.84. The van der Waals surface area contributed by atoms with E-state index in [4.69, 9.17) is 16.3 Å². The highest BCUT2D eigenvalue weighted by Gasteiger charge is 2.64. The third-order valence-electron chi connectivity index (χ3n) is 5.50. The van der Waals surface area contributed by atoms with E-state index in [1.165, 1.54) is 7.11 Å². The zero-order valence-electron chi connectivity index (χ0n) is 11.3. The molecule has 0 aromatic carbocycles. The Kier molecular flexibility index (Phi) is 2.73. The van der Waals surface area contributed by atoms with Gasteiger partial charge in [0.2, 0.25) is 0 Å². The number of methoxy groups -OCH3 is 1. The number of carbonyl (C=O) groups excluding carboxylic acids is 1. The Hall–Kier alpha value is -1.01. The van der Waals surface area contributed by atoms with Gasteiger partial charge in [-0.05, 0) is 49.5 Å². The van der Waals surface area contributed by atoms with Gasteiger partial charge in [-0.15, -0.1) is 11.6 Å². The molecule has 2 fully saturated rings. The molecule has 3 nitrogen and oxygen atoms in total. The number of alkyl halides is 1. The van der Waals surface area contributed by atoms with Gasteiger partial charge in [-0.1, -0.05) is 6.92 Å². The van der Waals surface area contributed by atoms with Crippen molar-refractivity contribution in [3.63, 3.8) is 0 Å². The zero-order valence-corrected chi connectivity index (χ0v) is 12.1. The average molecular weight is 280 g/mol. The molecule has 0 heterocycles. The van der Waals surface area contributed by atoms with Crippen LogP contribution in [0.5, 0.6) is 0 Å². The SMILES string of the molecule is COC(=O)C1=C2[C@@H](C)CC[C@@]23CC[C@@H]1C[C@@]3(Cl)C#N. The van der Waals surface area contributed by atoms with E-state index in [0.29, 0.717) is 12.3 Å². The van der Waals surface area contributed by atoms with E-state index in [2.05, 4.69) is 13.0 Å². The van der Waals surface area contributed by atoms with Crippen LogP contribution in [-0.2, 0) is 9.53 Å². The van der Waals surface area contributed by atoms with Gasteiger partial charge in [0.25, 0.3) is 0 Å². The van der Waals surface area contributed by atoms with Crippen LogP contribution < -0.4 is 0 Å². The third-order valence-corrected chi connectivity index (χ3v) is 6.10. The summed E-state index contributed by atoms with van der Waals surface area (Å²) >= 11 is 6.68. The molecule has 1 spiro atoms. The van der Waals surface area contributed by atoms with E-state index in [0.717, 1.165) is 36.8 Å². The second kappa shape index (κ2) is 3.99. The van der Waals surface area contributed by atoms with Crippen LogP contribution in [0.1, 0.15) is 39.0 Å². The minimum absolute atomic E-state index is 0.0991. The summed E-state index contributed by atoms with van der Waals surface area (Å²) in [6, 6.07) is 2.35. The highest BCUT2D eigenvalue weighted by Crippen LogP contribution is 2.68. The Balaban J connectivity index is 2.24. The standard InChI is InChI=1S/C15H18ClNO2/c1-9-3-5-14-6-4-10(7-15(14,16)8-17)11(12(9)14)13(18)19-2/h9-10H,3-7H2,1-2H3/t9-,10+,14+,15+/m0/s1. The summed E-state index contributed by atoms with van der Waals surface area (Å²) in [7, 11) is 1.43. The lowest BCUT2D eigenvalue weighted by atomic mass is 9.52. The molecule has 2 bridgehead atoms. The molecule has 0 radical (unpaired) electrons. The first-order valence-corrected chi connectivity index (χ1v) is 7.30. The largest absolute Gasteiger partial charge is 0.466 e. The molecule has 0 aromatic heterocycles. The summed E-state index contributed by atoms with van der Waals surface area (Å²) in [5, 5.41) is 9.56. The summed E-state index contributed by atoms with van der Waals surface area (Å²) in [6.07, 6.45) is 4.42. The average Bonchev–Trinajstić information content (AvgIpc) is 2.77. The number of halogens is 1. The van der Waals surface area contributed by atoms with E-state index < -0.39 is 4.87 Å². The first kappa shape index (κ1) is 13.0. The molecule has 0 unspecified atom stereocenters. The fraction of sp³-hybridized carbons (Fsp3) is 0.733. The summed E-state index contributed by atoms with van der Waals surface area (Å²) < 4.78 is 4.97. The van der Waals surface area contributed by atoms with Crippen molar-refractivity contribution in [3.8, 4) is 6.07 Å². The van der Waals surface area contributed by atoms with E-state index >= 15 is 0 Å². The van der Waals surface area contributed by atoms with Crippen molar-refractivity contribution >= 4 is 17.6 Å². The van der Waals surface area contributed by atoms with Crippen LogP contribution in [-0.4, -0.2) is 18.0 Å². The molecule has 0 N–H and O–H groups in total. The molecule has 4 aliphatic rings. The molecule has 4 heteroatoms. The van der Waals surface area contributed by atoms with Crippen LogP contribution in [0.3, 0.4) is 0 Å². The Morgan fingerprint density at radius 3 is 2.79 bits per heavy atom. The van der Waals surface area contributed by atoms with Crippen molar-refractivity contribution in [2.24, 2.45) is 17.3 Å². The number of fused-ring (bicyclic) bond motifs is 2. The minimum atomic E-state index is -0.826. The molecular weight excluding hydrogens is 262 g/mol. The molecule has 4 aliphatic carbocycles. The fourth-order valence-electron chi connectivity index (χ4n) is 4.67. The normalized spacial score (nSPS) is 43.9. The molecule has 0 amide bonds. The number of carbonyl (C=O) groups is 1. The lowest BCUT2D eigenvalue weighted by Gasteiger charge is -2.53. The van der Waals surface area contributed by atoms with Gasteiger partial charge in [0.1, 0.15) is 4.87 Å². The molecule has 0 saturated heterocycles. The predicted octanol–water partition coefficient (Wildman–Crippen LogP) is 3.19. The van der Waals surface area contributed by atoms with Gasteiger partial charge in [-0.25, -0.2) is 4.79 Å². The molecule has 102 valence electrons. The quantitative estimate of drug-likeness (QED) is 0.547. The van der Waals surface area contributed by atoms with Crippen LogP contribution in [0.2, 0.25) is 0 Å². The van der Waals surface area contributed by atoms with Gasteiger partial charge in [-0.3, -0.25) is 0 Å². The third kappa shape index (κ3) is 1.41. The fourth-order valence-corrected chi connectivity index (χ4v) is 5.15. The number of hydrogen-bond donors (Lipinski definition) is 0. The van der Waals surface area contributed by atoms with Crippen LogP contribution in [0.15, 0.2) is 11.1 Å². The number of nitriles is 1. The Morgan fingerprint density at radius 2 is 2.16 bits per heavy atom. The molecule has 19 heavy (non-hydrogen) atoms. The minimum Gasteiger partial charge on any atom is -0.466 e. The van der Waals surface area contributed by atoms with Gasteiger partial charge in [0, 0.05) is 11.0 Å². The number of hydrogen-bond acceptors (Lipinski definition) is 3. The van der Waals surface area contributed by atoms with Crippen molar-refractivity contribution in [1.82, 2.24) is 0 Å². The molecular formula is C15H18ClNO2. The van der Waals surface area contributed by atoms with Gasteiger partial charge in [0.05, 0.1) is 13.2 Å². The first-order chi connectivity index (χ1) is 8.99. The number of rotatable bonds is 1. The summed E-state index contributed by atoms with van der Waals surface area (Å²) in [5.41, 5.74) is 1.68. The smallest absolute Gasteiger partial charge is 0.333 e. The van der Waals surface area contributed by atoms with Crippen molar-refractivity contribution in [3.05, 3.63) is 11.1 Å². The number of nitrogens with zero attached hydrogens (tertiary/aromatic N) is 1. The monoisotopic (exact) mass is 279 g/mol. The van der Waals surface area contributed by atoms with Crippen LogP contribution in [0, 0.1) is 28.6 Å². The summed E-state index contributed by atoms with van der Waals surface area (Å²) in [5.74, 6) is 0.222. The Bertz CT molecular complexity index is 521. The van der Waals surface area contributed by atoms with Crippen LogP contribution >= 0.6 is 11.6 Å². The van der Waals surface area contributed by atoms with Crippen LogP contribution in [0.4, 0.5) is 0 Å². The Labute approximate surface area is 118 Å². The number of allylic oxidation sites excluding steroid dienone is 1. The summed E-state index contributed by atoms with van der Waals surface area (Å²) in [6.45, 7) is 2.14. The lowest BCUT2D eigenvalue weighted by Crippen LogP contribution is -2.53. The molecule has 0 aromatic rings. The number of ether oxygens (including phenoxy) is 1. The molecule has 4 rings (SSSR count). The van der Waals surface area contributed by atoms with Gasteiger partial charge in [0.15, 0.2) is 0 Å². The molecule has 4 atom stereocenters. The topological polar surface area (TPSA) is 50.1 Å². The van der Waals surface area contributed by atoms with E-state index in [1.54, 1.807) is 0 Å². The maximum atomic E-state index is 12.1. The molecule has 0 aliphatic heterocycles. The van der Waals surface area contributed by atoms with E-state index in [9.17, 15) is 10.1 Å². The number of esters is 1. The summed E-state index contributed by atoms with van der Waals surface area (Å²) in [4.78, 5) is 11.3. The highest BCUT2D eigenvalue weighted by molar-refractivity contribution is 6.27. The zero-order chi connectivity index (χ0) is 13.8. The maximum Gasteiger partial charge on any atom is 0.333 e. The first-order valence-electron chi connectivity index (χ1n) is 6.92. The lowest BCUT2D eigenvalue weighted by molar-refractivity contribution is -0.137. The van der Waals surface area contributed by atoms with Gasteiger partial charge in [-0.2, -0.15) is 5.26 Å². The maximum absolute atomic E-state index is 12.1. The highest BCUT2D eigenvalue weighted by atomic mass is 35.5. The van der Waals surface area contributed by atoms with Gasteiger partial charge < -0.3 is 4.74 Å². The van der Waals surface area contributed by atoms with E-state index in [1.807, 2.05) is 0 Å². The van der Waals surface area contributed by atoms with Gasteiger partial charge >= 0.3 is 5.97 Å².